The van der Waals surface area contributed by atoms with E-state index in [2.05, 4.69) is 11.8 Å². The van der Waals surface area contributed by atoms with E-state index < -0.39 is 0 Å². The summed E-state index contributed by atoms with van der Waals surface area (Å²) < 4.78 is 5.59. The minimum absolute atomic E-state index is 0.161. The molecule has 0 radical (unpaired) electrons. The molecule has 1 saturated heterocycles. The molecule has 1 aliphatic heterocycles. The Hall–Kier alpha value is -2.37. The van der Waals surface area contributed by atoms with Gasteiger partial charge in [0.1, 0.15) is 11.8 Å². The third-order valence-corrected chi connectivity index (χ3v) is 5.18. The number of carbonyl (C=O) groups excluding carboxylic acids is 1. The summed E-state index contributed by atoms with van der Waals surface area (Å²) in [5.41, 5.74) is 1.80. The Balaban J connectivity index is 1.87. The molecule has 1 aromatic carbocycles. The van der Waals surface area contributed by atoms with Gasteiger partial charge in [0.2, 0.25) is 11.9 Å². The Labute approximate surface area is 161 Å². The number of benzene rings is 1. The number of carbonyl (C=O) groups is 1. The highest BCUT2D eigenvalue weighted by molar-refractivity contribution is 5.87. The highest BCUT2D eigenvalue weighted by Gasteiger charge is 2.34. The van der Waals surface area contributed by atoms with Crippen LogP contribution in [0.25, 0.3) is 10.9 Å². The maximum atomic E-state index is 12.9. The number of rotatable bonds is 7. The molecule has 146 valence electrons. The Morgan fingerprint density at radius 1 is 1.33 bits per heavy atom. The van der Waals surface area contributed by atoms with Gasteiger partial charge in [0, 0.05) is 25.5 Å². The molecule has 2 aromatic rings. The zero-order valence-corrected chi connectivity index (χ0v) is 16.9. The number of nitrogens with zero attached hydrogens (tertiary/aromatic N) is 4. The highest BCUT2D eigenvalue weighted by atomic mass is 16.5. The standard InChI is InChI=1S/C21H30N4O2/c1-5-7-12-24(4)20(26)19-9-8-13-25(19)21-22-15(3)17-14-16(27-6-2)10-11-18(17)23-21/h10-11,14,19H,5-9,12-13H2,1-4H3. The number of ether oxygens (including phenoxy) is 1. The van der Waals surface area contributed by atoms with Crippen LogP contribution in [0.5, 0.6) is 5.75 Å². The average molecular weight is 370 g/mol. The molecule has 0 spiro atoms. The van der Waals surface area contributed by atoms with E-state index in [-0.39, 0.29) is 11.9 Å². The number of anilines is 1. The van der Waals surface area contributed by atoms with Gasteiger partial charge in [-0.3, -0.25) is 4.79 Å². The first-order valence-corrected chi connectivity index (χ1v) is 9.98. The fourth-order valence-electron chi connectivity index (χ4n) is 3.65. The van der Waals surface area contributed by atoms with E-state index in [9.17, 15) is 4.79 Å². The third kappa shape index (κ3) is 4.15. The molecule has 0 N–H and O–H groups in total. The Bertz CT molecular complexity index is 808. The van der Waals surface area contributed by atoms with Gasteiger partial charge in [0.15, 0.2) is 0 Å². The number of fused-ring (bicyclic) bond motifs is 1. The fourth-order valence-corrected chi connectivity index (χ4v) is 3.65. The highest BCUT2D eigenvalue weighted by Crippen LogP contribution is 2.28. The van der Waals surface area contributed by atoms with Crippen LogP contribution in [0.15, 0.2) is 18.2 Å². The van der Waals surface area contributed by atoms with Crippen LogP contribution < -0.4 is 9.64 Å². The molecule has 27 heavy (non-hydrogen) atoms. The van der Waals surface area contributed by atoms with Crippen molar-refractivity contribution >= 4 is 22.8 Å². The molecule has 0 bridgehead atoms. The van der Waals surface area contributed by atoms with Gasteiger partial charge in [-0.25, -0.2) is 9.97 Å². The summed E-state index contributed by atoms with van der Waals surface area (Å²) in [5, 5.41) is 0.992. The number of hydrogen-bond acceptors (Lipinski definition) is 5. The molecule has 1 atom stereocenters. The summed E-state index contributed by atoms with van der Waals surface area (Å²) in [6.45, 7) is 8.36. The van der Waals surface area contributed by atoms with Crippen LogP contribution in [0.1, 0.15) is 45.2 Å². The van der Waals surface area contributed by atoms with Crippen molar-refractivity contribution < 1.29 is 9.53 Å². The van der Waals surface area contributed by atoms with Gasteiger partial charge < -0.3 is 14.5 Å². The second-order valence-electron chi connectivity index (χ2n) is 7.19. The predicted molar refractivity (Wildman–Crippen MR) is 108 cm³/mol. The van der Waals surface area contributed by atoms with Crippen molar-refractivity contribution in [3.8, 4) is 5.75 Å². The van der Waals surface area contributed by atoms with Crippen molar-refractivity contribution in [2.24, 2.45) is 0 Å². The van der Waals surface area contributed by atoms with Crippen LogP contribution in [0.3, 0.4) is 0 Å². The average Bonchev–Trinajstić information content (AvgIpc) is 3.15. The van der Waals surface area contributed by atoms with Gasteiger partial charge in [-0.1, -0.05) is 13.3 Å². The monoisotopic (exact) mass is 370 g/mol. The number of unbranched alkanes of at least 4 members (excludes halogenated alkanes) is 1. The lowest BCUT2D eigenvalue weighted by atomic mass is 10.1. The van der Waals surface area contributed by atoms with Crippen LogP contribution in [0, 0.1) is 6.92 Å². The first-order valence-electron chi connectivity index (χ1n) is 9.98. The van der Waals surface area contributed by atoms with Gasteiger partial charge in [0.05, 0.1) is 17.8 Å². The van der Waals surface area contributed by atoms with E-state index in [0.29, 0.717) is 12.6 Å². The smallest absolute Gasteiger partial charge is 0.245 e. The van der Waals surface area contributed by atoms with Gasteiger partial charge in [-0.15, -0.1) is 0 Å². The third-order valence-electron chi connectivity index (χ3n) is 5.18. The number of aryl methyl sites for hydroxylation is 1. The van der Waals surface area contributed by atoms with E-state index in [1.165, 1.54) is 0 Å². The minimum Gasteiger partial charge on any atom is -0.494 e. The van der Waals surface area contributed by atoms with Crippen LogP contribution in [0.2, 0.25) is 0 Å². The Morgan fingerprint density at radius 2 is 2.15 bits per heavy atom. The largest absolute Gasteiger partial charge is 0.494 e. The van der Waals surface area contributed by atoms with E-state index in [1.54, 1.807) is 0 Å². The normalized spacial score (nSPS) is 16.7. The second-order valence-corrected chi connectivity index (χ2v) is 7.19. The molecule has 6 nitrogen and oxygen atoms in total. The summed E-state index contributed by atoms with van der Waals surface area (Å²) >= 11 is 0. The zero-order valence-electron chi connectivity index (χ0n) is 16.9. The maximum Gasteiger partial charge on any atom is 0.245 e. The number of aromatic nitrogens is 2. The Kier molecular flexibility index (Phi) is 6.14. The van der Waals surface area contributed by atoms with E-state index in [0.717, 1.165) is 61.1 Å². The first-order chi connectivity index (χ1) is 13.0. The first kappa shape index (κ1) is 19.4. The SMILES string of the molecule is CCCCN(C)C(=O)C1CCCN1c1nc(C)c2cc(OCC)ccc2n1. The fraction of sp³-hybridized carbons (Fsp3) is 0.571. The lowest BCUT2D eigenvalue weighted by molar-refractivity contribution is -0.131. The van der Waals surface area contributed by atoms with Gasteiger partial charge in [-0.2, -0.15) is 0 Å². The predicted octanol–water partition coefficient (Wildman–Crippen LogP) is 3.56. The molecule has 1 aromatic heterocycles. The van der Waals surface area contributed by atoms with Crippen molar-refractivity contribution in [1.82, 2.24) is 14.9 Å². The van der Waals surface area contributed by atoms with Crippen LogP contribution >= 0.6 is 0 Å². The summed E-state index contributed by atoms with van der Waals surface area (Å²) in [4.78, 5) is 26.3. The molecule has 1 aliphatic rings. The molecule has 1 amide bonds. The second kappa shape index (κ2) is 8.55. The molecule has 2 heterocycles. The molecule has 0 saturated carbocycles. The maximum absolute atomic E-state index is 12.9. The van der Waals surface area contributed by atoms with Crippen LogP contribution in [-0.2, 0) is 4.79 Å². The Morgan fingerprint density at radius 3 is 2.89 bits per heavy atom. The van der Waals surface area contributed by atoms with Crippen molar-refractivity contribution in [2.75, 3.05) is 31.6 Å². The number of hydrogen-bond donors (Lipinski definition) is 0. The number of likely N-dealkylation sites (N-methyl/N-ethyl adjacent to an activating group) is 1. The zero-order chi connectivity index (χ0) is 19.4. The van der Waals surface area contributed by atoms with Crippen molar-refractivity contribution in [1.29, 1.82) is 0 Å². The summed E-state index contributed by atoms with van der Waals surface area (Å²) in [6, 6.07) is 5.74. The number of amides is 1. The van der Waals surface area contributed by atoms with Crippen LogP contribution in [-0.4, -0.2) is 53.6 Å². The topological polar surface area (TPSA) is 58.6 Å². The van der Waals surface area contributed by atoms with E-state index in [1.807, 2.05) is 44.0 Å². The molecule has 1 unspecified atom stereocenters. The van der Waals surface area contributed by atoms with Crippen molar-refractivity contribution in [3.05, 3.63) is 23.9 Å². The lowest BCUT2D eigenvalue weighted by Gasteiger charge is -2.28. The molecule has 3 rings (SSSR count). The minimum atomic E-state index is -0.161. The quantitative estimate of drug-likeness (QED) is 0.746. The van der Waals surface area contributed by atoms with Crippen LogP contribution in [0.4, 0.5) is 5.95 Å². The summed E-state index contributed by atoms with van der Waals surface area (Å²) in [7, 11) is 1.90. The molecule has 0 aliphatic carbocycles. The van der Waals surface area contributed by atoms with Gasteiger partial charge in [0.25, 0.3) is 0 Å². The molecular weight excluding hydrogens is 340 g/mol. The molecular formula is C21H30N4O2. The summed E-state index contributed by atoms with van der Waals surface area (Å²) in [6.07, 6.45) is 3.96. The van der Waals surface area contributed by atoms with Crippen molar-refractivity contribution in [3.63, 3.8) is 0 Å². The van der Waals surface area contributed by atoms with Crippen molar-refractivity contribution in [2.45, 2.75) is 52.5 Å². The van der Waals surface area contributed by atoms with E-state index >= 15 is 0 Å². The van der Waals surface area contributed by atoms with Gasteiger partial charge in [-0.05, 0) is 51.3 Å². The van der Waals surface area contributed by atoms with E-state index in [4.69, 9.17) is 14.7 Å². The molecule has 6 heteroatoms. The van der Waals surface area contributed by atoms with Gasteiger partial charge >= 0.3 is 0 Å². The molecule has 1 fully saturated rings. The lowest BCUT2D eigenvalue weighted by Crippen LogP contribution is -2.45. The summed E-state index contributed by atoms with van der Waals surface area (Å²) in [5.74, 6) is 1.66.